The van der Waals surface area contributed by atoms with Gasteiger partial charge in [-0.1, -0.05) is 0 Å². The van der Waals surface area contributed by atoms with E-state index in [4.69, 9.17) is 4.74 Å². The molecule has 0 aliphatic rings. The zero-order valence-electron chi connectivity index (χ0n) is 7.28. The highest BCUT2D eigenvalue weighted by Gasteiger charge is 2.10. The SMILES string of the molecule is COc1nccc2c(Br)nn(C)c12. The predicted octanol–water partition coefficient (Wildman–Crippen LogP) is 1.74. The Morgan fingerprint density at radius 2 is 2.31 bits per heavy atom. The van der Waals surface area contributed by atoms with Crippen LogP contribution in [-0.4, -0.2) is 21.9 Å². The van der Waals surface area contributed by atoms with Crippen LogP contribution in [0.4, 0.5) is 0 Å². The zero-order chi connectivity index (χ0) is 9.42. The molecule has 2 heterocycles. The minimum atomic E-state index is 0.596. The maximum absolute atomic E-state index is 5.13. The maximum Gasteiger partial charge on any atom is 0.239 e. The van der Waals surface area contributed by atoms with Gasteiger partial charge in [0.15, 0.2) is 0 Å². The lowest BCUT2D eigenvalue weighted by Gasteiger charge is -2.00. The van der Waals surface area contributed by atoms with Gasteiger partial charge in [0.25, 0.3) is 0 Å². The highest BCUT2D eigenvalue weighted by atomic mass is 79.9. The van der Waals surface area contributed by atoms with Gasteiger partial charge >= 0.3 is 0 Å². The van der Waals surface area contributed by atoms with Gasteiger partial charge in [-0.25, -0.2) is 4.98 Å². The fraction of sp³-hybridized carbons (Fsp3) is 0.250. The molecule has 0 aliphatic carbocycles. The largest absolute Gasteiger partial charge is 0.479 e. The van der Waals surface area contributed by atoms with E-state index in [0.717, 1.165) is 15.5 Å². The Morgan fingerprint density at radius 3 is 3.00 bits per heavy atom. The number of nitrogens with zero attached hydrogens (tertiary/aromatic N) is 3. The van der Waals surface area contributed by atoms with E-state index < -0.39 is 0 Å². The molecule has 2 aromatic rings. The number of methoxy groups -OCH3 is 1. The summed E-state index contributed by atoms with van der Waals surface area (Å²) in [5.41, 5.74) is 0.900. The topological polar surface area (TPSA) is 39.9 Å². The summed E-state index contributed by atoms with van der Waals surface area (Å²) >= 11 is 3.37. The Balaban J connectivity index is 2.88. The van der Waals surface area contributed by atoms with Crippen molar-refractivity contribution in [2.24, 2.45) is 7.05 Å². The Hall–Kier alpha value is -1.10. The Bertz CT molecular complexity index is 452. The van der Waals surface area contributed by atoms with Gasteiger partial charge < -0.3 is 4.74 Å². The van der Waals surface area contributed by atoms with E-state index in [-0.39, 0.29) is 0 Å². The van der Waals surface area contributed by atoms with Gasteiger partial charge in [-0.3, -0.25) is 4.68 Å². The van der Waals surface area contributed by atoms with Gasteiger partial charge in [0.2, 0.25) is 5.88 Å². The Morgan fingerprint density at radius 1 is 1.54 bits per heavy atom. The van der Waals surface area contributed by atoms with Gasteiger partial charge in [-0.2, -0.15) is 5.10 Å². The third kappa shape index (κ3) is 1.19. The molecule has 0 atom stereocenters. The molecule has 0 N–H and O–H groups in total. The number of halogens is 1. The summed E-state index contributed by atoms with van der Waals surface area (Å²) in [6.07, 6.45) is 1.70. The van der Waals surface area contributed by atoms with E-state index in [0.29, 0.717) is 5.88 Å². The second kappa shape index (κ2) is 2.99. The molecule has 4 nitrogen and oxygen atoms in total. The molecule has 0 aliphatic heterocycles. The number of ether oxygens (including phenoxy) is 1. The third-order valence-corrected chi connectivity index (χ3v) is 2.45. The van der Waals surface area contributed by atoms with E-state index in [1.807, 2.05) is 13.1 Å². The third-order valence-electron chi connectivity index (χ3n) is 1.87. The van der Waals surface area contributed by atoms with E-state index >= 15 is 0 Å². The lowest BCUT2D eigenvalue weighted by molar-refractivity contribution is 0.401. The van der Waals surface area contributed by atoms with E-state index in [9.17, 15) is 0 Å². The Kier molecular flexibility index (Phi) is 1.95. The van der Waals surface area contributed by atoms with Crippen LogP contribution < -0.4 is 4.74 Å². The molecule has 13 heavy (non-hydrogen) atoms. The van der Waals surface area contributed by atoms with Gasteiger partial charge in [-0.15, -0.1) is 0 Å². The first-order valence-electron chi connectivity index (χ1n) is 3.75. The summed E-state index contributed by atoms with van der Waals surface area (Å²) in [6, 6.07) is 1.90. The van der Waals surface area contributed by atoms with Crippen LogP contribution in [0.5, 0.6) is 5.88 Å². The van der Waals surface area contributed by atoms with Gasteiger partial charge in [-0.05, 0) is 22.0 Å². The van der Waals surface area contributed by atoms with E-state index in [1.165, 1.54) is 0 Å². The summed E-state index contributed by atoms with van der Waals surface area (Å²) in [6.45, 7) is 0. The second-order valence-corrected chi connectivity index (χ2v) is 3.38. The van der Waals surface area contributed by atoms with Crippen molar-refractivity contribution in [2.45, 2.75) is 0 Å². The van der Waals surface area contributed by atoms with Gasteiger partial charge in [0.1, 0.15) is 10.1 Å². The van der Waals surface area contributed by atoms with E-state index in [2.05, 4.69) is 26.0 Å². The summed E-state index contributed by atoms with van der Waals surface area (Å²) < 4.78 is 7.68. The van der Waals surface area contributed by atoms with Crippen molar-refractivity contribution in [1.82, 2.24) is 14.8 Å². The van der Waals surface area contributed by atoms with E-state index in [1.54, 1.807) is 18.0 Å². The number of pyridine rings is 1. The first kappa shape index (κ1) is 8.50. The minimum Gasteiger partial charge on any atom is -0.479 e. The fourth-order valence-corrected chi connectivity index (χ4v) is 1.86. The van der Waals surface area contributed by atoms with Crippen molar-refractivity contribution in [3.63, 3.8) is 0 Å². The van der Waals surface area contributed by atoms with Gasteiger partial charge in [0.05, 0.1) is 7.11 Å². The minimum absolute atomic E-state index is 0.596. The van der Waals surface area contributed by atoms with Crippen LogP contribution >= 0.6 is 15.9 Å². The number of aryl methyl sites for hydroxylation is 1. The molecule has 0 saturated carbocycles. The van der Waals surface area contributed by atoms with Crippen molar-refractivity contribution in [3.8, 4) is 5.88 Å². The highest BCUT2D eigenvalue weighted by Crippen LogP contribution is 2.27. The molecule has 2 aromatic heterocycles. The Labute approximate surface area is 83.7 Å². The van der Waals surface area contributed by atoms with Crippen molar-refractivity contribution in [1.29, 1.82) is 0 Å². The number of aromatic nitrogens is 3. The first-order chi connectivity index (χ1) is 6.24. The molecule has 5 heteroatoms. The summed E-state index contributed by atoms with van der Waals surface area (Å²) in [5, 5.41) is 5.22. The summed E-state index contributed by atoms with van der Waals surface area (Å²) in [7, 11) is 3.46. The number of hydrogen-bond donors (Lipinski definition) is 0. The molecule has 0 fully saturated rings. The van der Waals surface area contributed by atoms with Gasteiger partial charge in [0, 0.05) is 18.6 Å². The van der Waals surface area contributed by atoms with Crippen molar-refractivity contribution < 1.29 is 4.74 Å². The normalized spacial score (nSPS) is 10.7. The highest BCUT2D eigenvalue weighted by molar-refractivity contribution is 9.10. The molecule has 2 rings (SSSR count). The van der Waals surface area contributed by atoms with Crippen LogP contribution in [0.3, 0.4) is 0 Å². The number of fused-ring (bicyclic) bond motifs is 1. The lowest BCUT2D eigenvalue weighted by Crippen LogP contribution is -1.94. The quantitative estimate of drug-likeness (QED) is 0.764. The molecule has 0 aromatic carbocycles. The molecule has 0 spiro atoms. The number of rotatable bonds is 1. The van der Waals surface area contributed by atoms with Crippen molar-refractivity contribution >= 4 is 26.8 Å². The fourth-order valence-electron chi connectivity index (χ4n) is 1.30. The van der Waals surface area contributed by atoms with Crippen LogP contribution in [0.25, 0.3) is 10.9 Å². The van der Waals surface area contributed by atoms with Crippen molar-refractivity contribution in [3.05, 3.63) is 16.9 Å². The zero-order valence-corrected chi connectivity index (χ0v) is 8.87. The smallest absolute Gasteiger partial charge is 0.239 e. The van der Waals surface area contributed by atoms with Crippen LogP contribution in [0.1, 0.15) is 0 Å². The number of hydrogen-bond acceptors (Lipinski definition) is 3. The standard InChI is InChI=1S/C8H8BrN3O/c1-12-6-5(7(9)11-12)3-4-10-8(6)13-2/h3-4H,1-2H3. The maximum atomic E-state index is 5.13. The average molecular weight is 242 g/mol. The van der Waals surface area contributed by atoms with Crippen LogP contribution in [-0.2, 0) is 7.05 Å². The average Bonchev–Trinajstić information content (AvgIpc) is 2.43. The molecule has 0 bridgehead atoms. The molecule has 0 radical (unpaired) electrons. The molecule has 68 valence electrons. The summed E-state index contributed by atoms with van der Waals surface area (Å²) in [4.78, 5) is 4.10. The molecule has 0 saturated heterocycles. The molecular weight excluding hydrogens is 234 g/mol. The molecule has 0 amide bonds. The van der Waals surface area contributed by atoms with Crippen LogP contribution in [0.2, 0.25) is 0 Å². The first-order valence-corrected chi connectivity index (χ1v) is 4.54. The molecular formula is C8H8BrN3O. The van der Waals surface area contributed by atoms with Crippen LogP contribution in [0.15, 0.2) is 16.9 Å². The van der Waals surface area contributed by atoms with Crippen LogP contribution in [0, 0.1) is 0 Å². The lowest BCUT2D eigenvalue weighted by atomic mass is 10.3. The van der Waals surface area contributed by atoms with Crippen molar-refractivity contribution in [2.75, 3.05) is 7.11 Å². The predicted molar refractivity (Wildman–Crippen MR) is 52.8 cm³/mol. The summed E-state index contributed by atoms with van der Waals surface area (Å²) in [5.74, 6) is 0.596. The second-order valence-electron chi connectivity index (χ2n) is 2.63. The molecule has 0 unspecified atom stereocenters. The monoisotopic (exact) mass is 241 g/mol.